The van der Waals surface area contributed by atoms with E-state index in [1.54, 1.807) is 0 Å². The summed E-state index contributed by atoms with van der Waals surface area (Å²) in [5, 5.41) is 6.97. The first kappa shape index (κ1) is 25.3. The monoisotopic (exact) mass is 417 g/mol. The fourth-order valence-corrected chi connectivity index (χ4v) is 2.45. The first-order valence-electron chi connectivity index (χ1n) is 8.31. The molecule has 27 heavy (non-hydrogen) atoms. The van der Waals surface area contributed by atoms with Crippen molar-refractivity contribution >= 4 is 30.7 Å². The zero-order chi connectivity index (χ0) is 18.6. The van der Waals surface area contributed by atoms with Gasteiger partial charge >= 0.3 is 0 Å². The molecule has 0 saturated heterocycles. The number of carbonyl (C=O) groups is 1. The fraction of sp³-hybridized carbons (Fsp3) is 0.500. The average Bonchev–Trinajstić information content (AvgIpc) is 3.02. The van der Waals surface area contributed by atoms with Crippen LogP contribution in [0.4, 0.5) is 0 Å². The van der Waals surface area contributed by atoms with E-state index in [0.29, 0.717) is 18.3 Å². The zero-order valence-corrected chi connectivity index (χ0v) is 17.9. The van der Waals surface area contributed by atoms with E-state index in [-0.39, 0.29) is 36.8 Å². The molecule has 0 bridgehead atoms. The van der Waals surface area contributed by atoms with E-state index in [4.69, 9.17) is 10.3 Å². The molecular formula is C18H29Cl2N5O2. The normalized spacial score (nSPS) is 13.3. The number of rotatable bonds is 7. The number of nitrogens with two attached hydrogens (primary N) is 1. The van der Waals surface area contributed by atoms with E-state index in [2.05, 4.69) is 15.5 Å². The van der Waals surface area contributed by atoms with Crippen molar-refractivity contribution in [2.45, 2.75) is 38.9 Å². The summed E-state index contributed by atoms with van der Waals surface area (Å²) >= 11 is 0. The Kier molecular flexibility index (Phi) is 9.95. The topological polar surface area (TPSA) is 97.3 Å². The third kappa shape index (κ3) is 6.77. The summed E-state index contributed by atoms with van der Waals surface area (Å²) < 4.78 is 5.24. The van der Waals surface area contributed by atoms with Crippen molar-refractivity contribution in [1.82, 2.24) is 20.4 Å². The Labute approximate surface area is 172 Å². The molecule has 0 saturated carbocycles. The van der Waals surface area contributed by atoms with Crippen LogP contribution in [0.5, 0.6) is 0 Å². The molecule has 1 heterocycles. The van der Waals surface area contributed by atoms with Crippen molar-refractivity contribution in [3.63, 3.8) is 0 Å². The van der Waals surface area contributed by atoms with Crippen LogP contribution in [0.1, 0.15) is 44.1 Å². The van der Waals surface area contributed by atoms with Crippen molar-refractivity contribution in [3.8, 4) is 0 Å². The Hall–Kier alpha value is -1.67. The number of halogens is 2. The van der Waals surface area contributed by atoms with Crippen LogP contribution in [0.15, 0.2) is 34.9 Å². The highest BCUT2D eigenvalue weighted by atomic mass is 35.5. The molecule has 2 unspecified atom stereocenters. The summed E-state index contributed by atoms with van der Waals surface area (Å²) in [5.41, 5.74) is 6.41. The third-order valence-electron chi connectivity index (χ3n) is 4.05. The van der Waals surface area contributed by atoms with Gasteiger partial charge in [-0.25, -0.2) is 0 Å². The predicted octanol–water partition coefficient (Wildman–Crippen LogP) is 2.66. The molecule has 9 heteroatoms. The summed E-state index contributed by atoms with van der Waals surface area (Å²) in [7, 11) is 3.84. The van der Waals surface area contributed by atoms with Gasteiger partial charge in [0, 0.05) is 6.04 Å². The maximum Gasteiger partial charge on any atom is 0.240 e. The van der Waals surface area contributed by atoms with Gasteiger partial charge < -0.3 is 20.5 Å². The van der Waals surface area contributed by atoms with E-state index in [0.717, 1.165) is 5.56 Å². The molecule has 2 aromatic rings. The maximum absolute atomic E-state index is 12.6. The molecule has 0 aliphatic rings. The molecule has 7 nitrogen and oxygen atoms in total. The number of nitrogens with one attached hydrogen (secondary N) is 1. The first-order valence-corrected chi connectivity index (χ1v) is 8.31. The van der Waals surface area contributed by atoms with Crippen LogP contribution < -0.4 is 11.1 Å². The van der Waals surface area contributed by atoms with Crippen LogP contribution in [0, 0.1) is 5.92 Å². The summed E-state index contributed by atoms with van der Waals surface area (Å²) in [6.07, 6.45) is 0. The first-order chi connectivity index (χ1) is 11.7. The minimum Gasteiger partial charge on any atom is -0.343 e. The van der Waals surface area contributed by atoms with Gasteiger partial charge in [0.15, 0.2) is 5.82 Å². The SMILES string of the molecule is CC(C(=O)NC(C)(C)c1noc(CN(C)C)n1)C(N)c1ccccc1.Cl.Cl. The Morgan fingerprint density at radius 1 is 1.26 bits per heavy atom. The molecule has 1 amide bonds. The van der Waals surface area contributed by atoms with Gasteiger partial charge in [0.2, 0.25) is 11.8 Å². The summed E-state index contributed by atoms with van der Waals surface area (Å²) in [5.74, 6) is 0.407. The number of hydrogen-bond acceptors (Lipinski definition) is 6. The van der Waals surface area contributed by atoms with Gasteiger partial charge in [-0.2, -0.15) is 4.98 Å². The zero-order valence-electron chi connectivity index (χ0n) is 16.3. The number of hydrogen-bond donors (Lipinski definition) is 2. The Morgan fingerprint density at radius 2 is 1.85 bits per heavy atom. The lowest BCUT2D eigenvalue weighted by molar-refractivity contribution is -0.127. The molecule has 0 spiro atoms. The number of amides is 1. The van der Waals surface area contributed by atoms with Crippen LogP contribution in [-0.2, 0) is 16.9 Å². The molecule has 0 radical (unpaired) electrons. The van der Waals surface area contributed by atoms with E-state index >= 15 is 0 Å². The Morgan fingerprint density at radius 3 is 2.41 bits per heavy atom. The van der Waals surface area contributed by atoms with Gasteiger partial charge in [-0.05, 0) is 33.5 Å². The summed E-state index contributed by atoms with van der Waals surface area (Å²) in [6.45, 7) is 6.05. The van der Waals surface area contributed by atoms with Crippen molar-refractivity contribution in [1.29, 1.82) is 0 Å². The average molecular weight is 418 g/mol. The van der Waals surface area contributed by atoms with Gasteiger partial charge in [-0.15, -0.1) is 24.8 Å². The lowest BCUT2D eigenvalue weighted by Gasteiger charge is -2.27. The second kappa shape index (κ2) is 10.6. The Balaban J connectivity index is 0.00000338. The molecule has 1 aromatic heterocycles. The molecular weight excluding hydrogens is 389 g/mol. The summed E-state index contributed by atoms with van der Waals surface area (Å²) in [6, 6.07) is 9.21. The molecule has 152 valence electrons. The number of nitrogens with zero attached hydrogens (tertiary/aromatic N) is 3. The predicted molar refractivity (Wildman–Crippen MR) is 110 cm³/mol. The van der Waals surface area contributed by atoms with Crippen molar-refractivity contribution in [2.75, 3.05) is 14.1 Å². The Bertz CT molecular complexity index is 707. The van der Waals surface area contributed by atoms with Crippen LogP contribution in [-0.4, -0.2) is 35.0 Å². The van der Waals surface area contributed by atoms with Crippen LogP contribution in [0.2, 0.25) is 0 Å². The fourth-order valence-electron chi connectivity index (χ4n) is 2.45. The highest BCUT2D eigenvalue weighted by Gasteiger charge is 2.32. The second-order valence-electron chi connectivity index (χ2n) is 7.09. The van der Waals surface area contributed by atoms with Gasteiger partial charge in [0.25, 0.3) is 0 Å². The smallest absolute Gasteiger partial charge is 0.240 e. The van der Waals surface area contributed by atoms with Crippen LogP contribution in [0.3, 0.4) is 0 Å². The van der Waals surface area contributed by atoms with E-state index in [1.807, 2.05) is 70.1 Å². The third-order valence-corrected chi connectivity index (χ3v) is 4.05. The summed E-state index contributed by atoms with van der Waals surface area (Å²) in [4.78, 5) is 19.0. The standard InChI is InChI=1S/C18H27N5O2.2ClH/c1-12(15(19)13-9-7-6-8-10-13)16(24)21-18(2,3)17-20-14(25-22-17)11-23(4)5;;/h6-10,12,15H,11,19H2,1-5H3,(H,21,24);2*1H. The molecule has 2 rings (SSSR count). The number of carbonyl (C=O) groups excluding carboxylic acids is 1. The van der Waals surface area contributed by atoms with E-state index in [1.165, 1.54) is 0 Å². The van der Waals surface area contributed by atoms with Crippen molar-refractivity contribution in [2.24, 2.45) is 11.7 Å². The highest BCUT2D eigenvalue weighted by molar-refractivity contribution is 5.85. The maximum atomic E-state index is 12.6. The van der Waals surface area contributed by atoms with Gasteiger partial charge in [-0.3, -0.25) is 4.79 Å². The van der Waals surface area contributed by atoms with Gasteiger partial charge in [0.05, 0.1) is 18.0 Å². The van der Waals surface area contributed by atoms with E-state index < -0.39 is 11.5 Å². The van der Waals surface area contributed by atoms with Gasteiger partial charge in [0.1, 0.15) is 0 Å². The minimum absolute atomic E-state index is 0. The molecule has 3 N–H and O–H groups in total. The van der Waals surface area contributed by atoms with Gasteiger partial charge in [-0.1, -0.05) is 42.4 Å². The minimum atomic E-state index is -0.754. The molecule has 0 fully saturated rings. The molecule has 0 aliphatic carbocycles. The van der Waals surface area contributed by atoms with Crippen molar-refractivity contribution < 1.29 is 9.32 Å². The molecule has 1 aromatic carbocycles. The highest BCUT2D eigenvalue weighted by Crippen LogP contribution is 2.22. The largest absolute Gasteiger partial charge is 0.343 e. The van der Waals surface area contributed by atoms with Crippen LogP contribution >= 0.6 is 24.8 Å². The quantitative estimate of drug-likeness (QED) is 0.718. The van der Waals surface area contributed by atoms with Crippen molar-refractivity contribution in [3.05, 3.63) is 47.6 Å². The number of benzene rings is 1. The lowest BCUT2D eigenvalue weighted by Crippen LogP contribution is -2.46. The van der Waals surface area contributed by atoms with Crippen LogP contribution in [0.25, 0.3) is 0 Å². The number of aromatic nitrogens is 2. The molecule has 0 aliphatic heterocycles. The lowest BCUT2D eigenvalue weighted by atomic mass is 9.93. The molecule has 2 atom stereocenters. The second-order valence-corrected chi connectivity index (χ2v) is 7.09. The van der Waals surface area contributed by atoms with E-state index in [9.17, 15) is 4.79 Å².